The van der Waals surface area contributed by atoms with E-state index in [0.29, 0.717) is 5.69 Å². The van der Waals surface area contributed by atoms with Crippen molar-refractivity contribution in [1.82, 2.24) is 10.2 Å². The monoisotopic (exact) mass is 521 g/mol. The van der Waals surface area contributed by atoms with E-state index in [0.717, 1.165) is 21.0 Å². The molecule has 0 saturated heterocycles. The standard InChI is InChI=1S/C29H35N3O4S/c1-21(2)30-29(34)24(5)31(19-25-11-9-10-23(4)18-25)28(33)20-32(26-16-14-22(3)15-17-26)37(35,36)27-12-7-6-8-13-27/h6-18,21,24H,19-20H2,1-5H3,(H,30,34)/t24-/m1/s1. The number of sulfonamides is 1. The Labute approximate surface area is 220 Å². The largest absolute Gasteiger partial charge is 0.352 e. The number of carbonyl (C=O) groups excluding carboxylic acids is 2. The first-order chi connectivity index (χ1) is 17.5. The van der Waals surface area contributed by atoms with E-state index < -0.39 is 28.5 Å². The number of amides is 2. The van der Waals surface area contributed by atoms with Gasteiger partial charge in [0.15, 0.2) is 0 Å². The van der Waals surface area contributed by atoms with Gasteiger partial charge in [0.05, 0.1) is 10.6 Å². The Hall–Kier alpha value is -3.65. The van der Waals surface area contributed by atoms with Crippen molar-refractivity contribution in [3.05, 3.63) is 95.6 Å². The van der Waals surface area contributed by atoms with E-state index in [1.54, 1.807) is 49.4 Å². The zero-order valence-corrected chi connectivity index (χ0v) is 22.8. The molecule has 1 atom stereocenters. The molecule has 3 aromatic carbocycles. The fourth-order valence-corrected chi connectivity index (χ4v) is 5.39. The summed E-state index contributed by atoms with van der Waals surface area (Å²) < 4.78 is 28.5. The summed E-state index contributed by atoms with van der Waals surface area (Å²) in [6.45, 7) is 8.94. The molecular formula is C29H35N3O4S. The summed E-state index contributed by atoms with van der Waals surface area (Å²) in [5.41, 5.74) is 3.22. The molecule has 1 N–H and O–H groups in total. The van der Waals surface area contributed by atoms with Crippen molar-refractivity contribution in [2.45, 2.75) is 58.1 Å². The molecule has 0 radical (unpaired) electrons. The van der Waals surface area contributed by atoms with E-state index >= 15 is 0 Å². The van der Waals surface area contributed by atoms with Gasteiger partial charge < -0.3 is 10.2 Å². The summed E-state index contributed by atoms with van der Waals surface area (Å²) in [4.78, 5) is 28.3. The van der Waals surface area contributed by atoms with Gasteiger partial charge in [-0.15, -0.1) is 0 Å². The molecule has 0 aliphatic rings. The molecule has 0 aromatic heterocycles. The summed E-state index contributed by atoms with van der Waals surface area (Å²) in [5.74, 6) is -0.781. The first-order valence-corrected chi connectivity index (χ1v) is 13.7. The van der Waals surface area contributed by atoms with Crippen LogP contribution in [-0.2, 0) is 26.2 Å². The molecule has 0 unspecified atom stereocenters. The van der Waals surface area contributed by atoms with Crippen LogP contribution >= 0.6 is 0 Å². The summed E-state index contributed by atoms with van der Waals surface area (Å²) >= 11 is 0. The van der Waals surface area contributed by atoms with Crippen molar-refractivity contribution in [3.63, 3.8) is 0 Å². The van der Waals surface area contributed by atoms with Crippen LogP contribution in [0.4, 0.5) is 5.69 Å². The van der Waals surface area contributed by atoms with Gasteiger partial charge in [-0.25, -0.2) is 8.42 Å². The molecule has 0 bridgehead atoms. The smallest absolute Gasteiger partial charge is 0.264 e. The van der Waals surface area contributed by atoms with E-state index in [9.17, 15) is 18.0 Å². The number of nitrogens with zero attached hydrogens (tertiary/aromatic N) is 2. The van der Waals surface area contributed by atoms with Crippen LogP contribution in [0, 0.1) is 13.8 Å². The topological polar surface area (TPSA) is 86.8 Å². The minimum absolute atomic E-state index is 0.0826. The lowest BCUT2D eigenvalue weighted by Crippen LogP contribution is -2.52. The van der Waals surface area contributed by atoms with Crippen LogP contribution in [0.2, 0.25) is 0 Å². The molecule has 0 aliphatic carbocycles. The summed E-state index contributed by atoms with van der Waals surface area (Å²) in [6, 6.07) is 21.8. The van der Waals surface area contributed by atoms with Crippen LogP contribution in [-0.4, -0.2) is 43.8 Å². The SMILES string of the molecule is Cc1ccc(N(CC(=O)N(Cc2cccc(C)c2)[C@H](C)C(=O)NC(C)C)S(=O)(=O)c2ccccc2)cc1. The van der Waals surface area contributed by atoms with Crippen LogP contribution < -0.4 is 9.62 Å². The van der Waals surface area contributed by atoms with E-state index in [2.05, 4.69) is 5.32 Å². The number of benzene rings is 3. The van der Waals surface area contributed by atoms with Gasteiger partial charge in [-0.2, -0.15) is 0 Å². The fourth-order valence-electron chi connectivity index (χ4n) is 3.95. The Morgan fingerprint density at radius 1 is 0.838 bits per heavy atom. The molecule has 0 fully saturated rings. The summed E-state index contributed by atoms with van der Waals surface area (Å²) in [7, 11) is -4.05. The quantitative estimate of drug-likeness (QED) is 0.427. The third-order valence-electron chi connectivity index (χ3n) is 5.97. The van der Waals surface area contributed by atoms with E-state index in [4.69, 9.17) is 0 Å². The van der Waals surface area contributed by atoms with Gasteiger partial charge in [0, 0.05) is 12.6 Å². The van der Waals surface area contributed by atoms with Crippen molar-refractivity contribution in [3.8, 4) is 0 Å². The fraction of sp³-hybridized carbons (Fsp3) is 0.310. The summed E-state index contributed by atoms with van der Waals surface area (Å²) in [5, 5.41) is 2.86. The van der Waals surface area contributed by atoms with Gasteiger partial charge in [0.25, 0.3) is 10.0 Å². The molecule has 37 heavy (non-hydrogen) atoms. The molecule has 3 rings (SSSR count). The molecule has 196 valence electrons. The number of nitrogens with one attached hydrogen (secondary N) is 1. The van der Waals surface area contributed by atoms with Gasteiger partial charge >= 0.3 is 0 Å². The first-order valence-electron chi connectivity index (χ1n) is 12.3. The van der Waals surface area contributed by atoms with Crippen LogP contribution in [0.5, 0.6) is 0 Å². The number of carbonyl (C=O) groups is 2. The average molecular weight is 522 g/mol. The van der Waals surface area contributed by atoms with Crippen LogP contribution in [0.25, 0.3) is 0 Å². The Morgan fingerprint density at radius 3 is 2.08 bits per heavy atom. The van der Waals surface area contributed by atoms with Crippen molar-refractivity contribution in [1.29, 1.82) is 0 Å². The second-order valence-electron chi connectivity index (χ2n) is 9.51. The Morgan fingerprint density at radius 2 is 1.49 bits per heavy atom. The Bertz CT molecular complexity index is 1320. The van der Waals surface area contributed by atoms with Crippen molar-refractivity contribution >= 4 is 27.5 Å². The second kappa shape index (κ2) is 12.1. The zero-order chi connectivity index (χ0) is 27.2. The maximum absolute atomic E-state index is 13.8. The van der Waals surface area contributed by atoms with Gasteiger partial charge in [-0.05, 0) is 64.4 Å². The van der Waals surface area contributed by atoms with Crippen molar-refractivity contribution in [2.24, 2.45) is 0 Å². The van der Waals surface area contributed by atoms with Gasteiger partial charge in [-0.1, -0.05) is 65.7 Å². The van der Waals surface area contributed by atoms with Crippen molar-refractivity contribution in [2.75, 3.05) is 10.8 Å². The Balaban J connectivity index is 2.01. The molecular weight excluding hydrogens is 486 g/mol. The van der Waals surface area contributed by atoms with Gasteiger partial charge in [0.2, 0.25) is 11.8 Å². The van der Waals surface area contributed by atoms with Crippen LogP contribution in [0.1, 0.15) is 37.5 Å². The van der Waals surface area contributed by atoms with E-state index in [1.165, 1.54) is 17.0 Å². The highest BCUT2D eigenvalue weighted by Crippen LogP contribution is 2.25. The predicted molar refractivity (Wildman–Crippen MR) is 147 cm³/mol. The molecule has 7 nitrogen and oxygen atoms in total. The molecule has 0 heterocycles. The van der Waals surface area contributed by atoms with Gasteiger partial charge in [-0.3, -0.25) is 13.9 Å². The predicted octanol–water partition coefficient (Wildman–Crippen LogP) is 4.44. The number of hydrogen-bond donors (Lipinski definition) is 1. The maximum Gasteiger partial charge on any atom is 0.264 e. The number of anilines is 1. The highest BCUT2D eigenvalue weighted by molar-refractivity contribution is 7.92. The summed E-state index contributed by atoms with van der Waals surface area (Å²) in [6.07, 6.45) is 0. The normalized spacial score (nSPS) is 12.2. The molecule has 8 heteroatoms. The van der Waals surface area contributed by atoms with Gasteiger partial charge in [0.1, 0.15) is 12.6 Å². The lowest BCUT2D eigenvalue weighted by Gasteiger charge is -2.32. The Kier molecular flexibility index (Phi) is 9.10. The molecule has 3 aromatic rings. The number of hydrogen-bond acceptors (Lipinski definition) is 4. The minimum atomic E-state index is -4.05. The lowest BCUT2D eigenvalue weighted by atomic mass is 10.1. The lowest BCUT2D eigenvalue weighted by molar-refractivity contribution is -0.139. The molecule has 0 saturated carbocycles. The molecule has 0 aliphatic heterocycles. The van der Waals surface area contributed by atoms with E-state index in [1.807, 2.05) is 52.0 Å². The number of aryl methyl sites for hydroxylation is 2. The highest BCUT2D eigenvalue weighted by Gasteiger charge is 2.32. The first kappa shape index (κ1) is 27.9. The molecule has 2 amide bonds. The maximum atomic E-state index is 13.8. The van der Waals surface area contributed by atoms with Crippen LogP contribution in [0.3, 0.4) is 0 Å². The number of rotatable bonds is 10. The van der Waals surface area contributed by atoms with Crippen molar-refractivity contribution < 1.29 is 18.0 Å². The highest BCUT2D eigenvalue weighted by atomic mass is 32.2. The molecule has 0 spiro atoms. The van der Waals surface area contributed by atoms with E-state index in [-0.39, 0.29) is 23.4 Å². The van der Waals surface area contributed by atoms with Crippen LogP contribution in [0.15, 0.2) is 83.8 Å². The second-order valence-corrected chi connectivity index (χ2v) is 11.4. The minimum Gasteiger partial charge on any atom is -0.352 e. The zero-order valence-electron chi connectivity index (χ0n) is 22.0. The third kappa shape index (κ3) is 7.20. The average Bonchev–Trinajstić information content (AvgIpc) is 2.86. The third-order valence-corrected chi connectivity index (χ3v) is 7.75.